The van der Waals surface area contributed by atoms with E-state index >= 15 is 0 Å². The molecule has 35 heavy (non-hydrogen) atoms. The van der Waals surface area contributed by atoms with Gasteiger partial charge in [-0.3, -0.25) is 4.90 Å². The van der Waals surface area contributed by atoms with Crippen molar-refractivity contribution < 1.29 is 22.7 Å². The van der Waals surface area contributed by atoms with E-state index < -0.39 is 23.6 Å². The maximum Gasteiger partial charge on any atom is 0.321 e. The summed E-state index contributed by atoms with van der Waals surface area (Å²) in [5.41, 5.74) is 1.11. The molecule has 184 valence electrons. The largest absolute Gasteiger partial charge is 0.367 e. The third-order valence-corrected chi connectivity index (χ3v) is 6.14. The molecule has 1 atom stereocenters. The van der Waals surface area contributed by atoms with Crippen molar-refractivity contribution in [3.05, 3.63) is 100 Å². The van der Waals surface area contributed by atoms with Crippen LogP contribution in [0, 0.1) is 17.5 Å². The molecule has 4 rings (SSSR count). The van der Waals surface area contributed by atoms with Crippen LogP contribution in [0.5, 0.6) is 0 Å². The second-order valence-corrected chi connectivity index (χ2v) is 8.72. The molecule has 0 aliphatic carbocycles. The molecule has 1 aliphatic heterocycles. The Morgan fingerprint density at radius 1 is 0.943 bits per heavy atom. The van der Waals surface area contributed by atoms with Gasteiger partial charge in [0.25, 0.3) is 0 Å². The standard InChI is InChI=1S/C26H25ClF3N3O2/c27-19-9-7-18(8-10-19)25(35-17-22-23(29)5-2-6-24(22)30)16-32-11-13-33(14-12-32)26(34)31-21-4-1-3-20(28)15-21/h1-10,15,25H,11-14,16-17H2,(H,31,34). The number of hydrogen-bond donors (Lipinski definition) is 1. The second-order valence-electron chi connectivity index (χ2n) is 8.28. The Balaban J connectivity index is 1.37. The predicted molar refractivity (Wildman–Crippen MR) is 129 cm³/mol. The van der Waals surface area contributed by atoms with Gasteiger partial charge in [-0.25, -0.2) is 18.0 Å². The fourth-order valence-corrected chi connectivity index (χ4v) is 4.05. The molecule has 0 aromatic heterocycles. The summed E-state index contributed by atoms with van der Waals surface area (Å²) in [6, 6.07) is 16.3. The molecule has 3 aromatic carbocycles. The number of carbonyl (C=O) groups excluding carboxylic acids is 1. The zero-order valence-corrected chi connectivity index (χ0v) is 19.6. The van der Waals surface area contributed by atoms with Crippen LogP contribution < -0.4 is 5.32 Å². The summed E-state index contributed by atoms with van der Waals surface area (Å²) in [6.45, 7) is 2.35. The third kappa shape index (κ3) is 6.75. The minimum atomic E-state index is -0.655. The Hall–Kier alpha value is -3.07. The van der Waals surface area contributed by atoms with E-state index in [9.17, 15) is 18.0 Å². The van der Waals surface area contributed by atoms with Crippen molar-refractivity contribution in [2.75, 3.05) is 38.0 Å². The van der Waals surface area contributed by atoms with Crippen molar-refractivity contribution in [1.82, 2.24) is 9.80 Å². The maximum atomic E-state index is 14.1. The zero-order chi connectivity index (χ0) is 24.8. The maximum absolute atomic E-state index is 14.1. The van der Waals surface area contributed by atoms with Crippen LogP contribution in [0.2, 0.25) is 5.02 Å². The Morgan fingerprint density at radius 2 is 1.60 bits per heavy atom. The average Bonchev–Trinajstić information content (AvgIpc) is 2.84. The number of nitrogens with one attached hydrogen (secondary N) is 1. The molecule has 1 saturated heterocycles. The van der Waals surface area contributed by atoms with Crippen LogP contribution in [-0.2, 0) is 11.3 Å². The summed E-state index contributed by atoms with van der Waals surface area (Å²) in [6.07, 6.45) is -0.459. The van der Waals surface area contributed by atoms with Crippen molar-refractivity contribution in [2.24, 2.45) is 0 Å². The molecular formula is C26H25ClF3N3O2. The summed E-state index contributed by atoms with van der Waals surface area (Å²) in [5, 5.41) is 3.28. The van der Waals surface area contributed by atoms with Crippen molar-refractivity contribution in [2.45, 2.75) is 12.7 Å². The van der Waals surface area contributed by atoms with Gasteiger partial charge in [0.2, 0.25) is 0 Å². The first-order valence-corrected chi connectivity index (χ1v) is 11.6. The fraction of sp³-hybridized carbons (Fsp3) is 0.269. The van der Waals surface area contributed by atoms with Crippen molar-refractivity contribution in [3.8, 4) is 0 Å². The number of ether oxygens (including phenoxy) is 1. The summed E-state index contributed by atoms with van der Waals surface area (Å²) < 4.78 is 47.6. The Bertz CT molecular complexity index is 1130. The van der Waals surface area contributed by atoms with Crippen LogP contribution in [0.3, 0.4) is 0 Å². The van der Waals surface area contributed by atoms with E-state index in [0.717, 1.165) is 5.56 Å². The van der Waals surface area contributed by atoms with Crippen LogP contribution in [0.4, 0.5) is 23.7 Å². The number of halogens is 4. The lowest BCUT2D eigenvalue weighted by Crippen LogP contribution is -2.50. The van der Waals surface area contributed by atoms with Gasteiger partial charge >= 0.3 is 6.03 Å². The van der Waals surface area contributed by atoms with E-state index in [1.807, 2.05) is 12.1 Å². The van der Waals surface area contributed by atoms with Gasteiger partial charge < -0.3 is 15.0 Å². The monoisotopic (exact) mass is 503 g/mol. The van der Waals surface area contributed by atoms with E-state index in [1.165, 1.54) is 36.4 Å². The molecule has 1 fully saturated rings. The minimum Gasteiger partial charge on any atom is -0.367 e. The van der Waals surface area contributed by atoms with Gasteiger partial charge in [-0.15, -0.1) is 0 Å². The number of nitrogens with zero attached hydrogens (tertiary/aromatic N) is 2. The smallest absolute Gasteiger partial charge is 0.321 e. The molecule has 2 amide bonds. The third-order valence-electron chi connectivity index (χ3n) is 5.89. The van der Waals surface area contributed by atoms with Crippen LogP contribution in [0.15, 0.2) is 66.7 Å². The topological polar surface area (TPSA) is 44.8 Å². The predicted octanol–water partition coefficient (Wildman–Crippen LogP) is 5.86. The first kappa shape index (κ1) is 25.0. The highest BCUT2D eigenvalue weighted by Gasteiger charge is 2.25. The number of anilines is 1. The van der Waals surface area contributed by atoms with Crippen molar-refractivity contribution in [1.29, 1.82) is 0 Å². The number of carbonyl (C=O) groups is 1. The number of piperazine rings is 1. The molecular weight excluding hydrogens is 479 g/mol. The molecule has 1 heterocycles. The van der Waals surface area contributed by atoms with Gasteiger partial charge in [0.15, 0.2) is 0 Å². The van der Waals surface area contributed by atoms with Crippen LogP contribution in [-0.4, -0.2) is 48.6 Å². The minimum absolute atomic E-state index is 0.120. The number of amides is 2. The van der Waals surface area contributed by atoms with Gasteiger partial charge in [0.05, 0.1) is 12.7 Å². The SMILES string of the molecule is O=C(Nc1cccc(F)c1)N1CCN(CC(OCc2c(F)cccc2F)c2ccc(Cl)cc2)CC1. The normalized spacial score (nSPS) is 15.1. The number of hydrogen-bond acceptors (Lipinski definition) is 3. The summed E-state index contributed by atoms with van der Waals surface area (Å²) in [4.78, 5) is 16.3. The quantitative estimate of drug-likeness (QED) is 0.439. The molecule has 1 N–H and O–H groups in total. The van der Waals surface area contributed by atoms with Crippen molar-refractivity contribution >= 4 is 23.3 Å². The van der Waals surface area contributed by atoms with E-state index in [2.05, 4.69) is 10.2 Å². The Kier molecular flexibility index (Phi) is 8.28. The van der Waals surface area contributed by atoms with Gasteiger partial charge in [0.1, 0.15) is 17.5 Å². The molecule has 3 aromatic rings. The summed E-state index contributed by atoms with van der Waals surface area (Å²) >= 11 is 6.02. The van der Waals surface area contributed by atoms with E-state index in [4.69, 9.17) is 16.3 Å². The number of urea groups is 1. The molecule has 0 bridgehead atoms. The molecule has 1 aliphatic rings. The fourth-order valence-electron chi connectivity index (χ4n) is 3.92. The molecule has 1 unspecified atom stereocenters. The highest BCUT2D eigenvalue weighted by atomic mass is 35.5. The van der Waals surface area contributed by atoms with Gasteiger partial charge in [-0.2, -0.15) is 0 Å². The number of benzene rings is 3. The Labute approximate surface area is 207 Å². The van der Waals surface area contributed by atoms with Crippen LogP contribution >= 0.6 is 11.6 Å². The molecule has 0 spiro atoms. The summed E-state index contributed by atoms with van der Waals surface area (Å²) in [7, 11) is 0. The van der Waals surface area contributed by atoms with E-state index in [-0.39, 0.29) is 18.2 Å². The Morgan fingerprint density at radius 3 is 2.26 bits per heavy atom. The first-order valence-electron chi connectivity index (χ1n) is 11.2. The lowest BCUT2D eigenvalue weighted by Gasteiger charge is -2.36. The lowest BCUT2D eigenvalue weighted by atomic mass is 10.1. The van der Waals surface area contributed by atoms with Gasteiger partial charge in [0, 0.05) is 49.0 Å². The molecule has 0 saturated carbocycles. The highest BCUT2D eigenvalue weighted by molar-refractivity contribution is 6.30. The highest BCUT2D eigenvalue weighted by Crippen LogP contribution is 2.25. The van der Waals surface area contributed by atoms with E-state index in [0.29, 0.717) is 43.4 Å². The first-order chi connectivity index (χ1) is 16.9. The second kappa shape index (κ2) is 11.6. The summed E-state index contributed by atoms with van der Waals surface area (Å²) in [5.74, 6) is -1.73. The molecule has 5 nitrogen and oxygen atoms in total. The number of rotatable bonds is 7. The van der Waals surface area contributed by atoms with Gasteiger partial charge in [-0.05, 0) is 48.0 Å². The zero-order valence-electron chi connectivity index (χ0n) is 18.9. The molecule has 0 radical (unpaired) electrons. The van der Waals surface area contributed by atoms with E-state index in [1.54, 1.807) is 23.1 Å². The van der Waals surface area contributed by atoms with Gasteiger partial charge in [-0.1, -0.05) is 35.9 Å². The lowest BCUT2D eigenvalue weighted by molar-refractivity contribution is 0.00376. The van der Waals surface area contributed by atoms with Crippen LogP contribution in [0.25, 0.3) is 0 Å². The average molecular weight is 504 g/mol. The molecule has 9 heteroatoms. The van der Waals surface area contributed by atoms with Crippen LogP contribution in [0.1, 0.15) is 17.2 Å². The van der Waals surface area contributed by atoms with Crippen molar-refractivity contribution in [3.63, 3.8) is 0 Å².